The Morgan fingerprint density at radius 1 is 1.03 bits per heavy atom. The Morgan fingerprint density at radius 3 is 2.48 bits per heavy atom. The molecule has 3 nitrogen and oxygen atoms in total. The maximum absolute atomic E-state index is 11.5. The van der Waals surface area contributed by atoms with Gasteiger partial charge >= 0.3 is 5.97 Å². The summed E-state index contributed by atoms with van der Waals surface area (Å²) >= 11 is 0. The second-order valence-electron chi connectivity index (χ2n) is 11.8. The van der Waals surface area contributed by atoms with Crippen molar-refractivity contribution in [3.05, 3.63) is 0 Å². The van der Waals surface area contributed by atoms with Crippen molar-refractivity contribution in [1.29, 1.82) is 0 Å². The van der Waals surface area contributed by atoms with Crippen molar-refractivity contribution in [3.63, 3.8) is 0 Å². The van der Waals surface area contributed by atoms with E-state index in [-0.39, 0.29) is 12.1 Å². The fourth-order valence-electron chi connectivity index (χ4n) is 9.18. The molecule has 4 unspecified atom stereocenters. The lowest BCUT2D eigenvalue weighted by Gasteiger charge is -2.61. The van der Waals surface area contributed by atoms with Crippen molar-refractivity contribution in [1.82, 2.24) is 0 Å². The lowest BCUT2D eigenvalue weighted by atomic mass is 9.44. The highest BCUT2D eigenvalue weighted by atomic mass is 16.5. The first kappa shape index (κ1) is 21.7. The molecule has 0 bridgehead atoms. The van der Waals surface area contributed by atoms with Crippen molar-refractivity contribution in [3.8, 4) is 0 Å². The fraction of sp³-hybridized carbons (Fsp3) is 0.962. The number of esters is 1. The van der Waals surface area contributed by atoms with Gasteiger partial charge < -0.3 is 10.5 Å². The van der Waals surface area contributed by atoms with Crippen LogP contribution < -0.4 is 5.73 Å². The number of rotatable bonds is 5. The van der Waals surface area contributed by atoms with Crippen LogP contribution in [0, 0.1) is 46.3 Å². The van der Waals surface area contributed by atoms with Crippen LogP contribution in [-0.2, 0) is 9.53 Å². The summed E-state index contributed by atoms with van der Waals surface area (Å²) in [6.45, 7) is 10.2. The van der Waals surface area contributed by atoms with Gasteiger partial charge in [-0.25, -0.2) is 0 Å². The molecule has 0 aromatic rings. The zero-order valence-corrected chi connectivity index (χ0v) is 19.4. The number of hydrogen-bond acceptors (Lipinski definition) is 3. The third-order valence-corrected chi connectivity index (χ3v) is 10.6. The zero-order chi connectivity index (χ0) is 20.8. The van der Waals surface area contributed by atoms with E-state index in [4.69, 9.17) is 10.5 Å². The number of ether oxygens (including phenoxy) is 1. The Bertz CT molecular complexity index is 606. The molecule has 0 spiro atoms. The highest BCUT2D eigenvalue weighted by Crippen LogP contribution is 2.68. The third-order valence-electron chi connectivity index (χ3n) is 10.6. The predicted molar refractivity (Wildman–Crippen MR) is 118 cm³/mol. The van der Waals surface area contributed by atoms with Gasteiger partial charge in [-0.3, -0.25) is 4.79 Å². The summed E-state index contributed by atoms with van der Waals surface area (Å²) < 4.78 is 5.63. The highest BCUT2D eigenvalue weighted by Gasteiger charge is 2.60. The van der Waals surface area contributed by atoms with Crippen LogP contribution in [-0.4, -0.2) is 18.6 Å². The topological polar surface area (TPSA) is 52.3 Å². The minimum Gasteiger partial charge on any atom is -0.463 e. The average Bonchev–Trinajstić information content (AvgIpc) is 3.03. The van der Waals surface area contributed by atoms with Gasteiger partial charge in [0.25, 0.3) is 0 Å². The van der Waals surface area contributed by atoms with Crippen LogP contribution in [0.15, 0.2) is 0 Å². The van der Waals surface area contributed by atoms with Gasteiger partial charge in [0.15, 0.2) is 0 Å². The summed E-state index contributed by atoms with van der Waals surface area (Å²) in [5.74, 6) is 5.17. The van der Waals surface area contributed by atoms with Crippen molar-refractivity contribution in [2.24, 2.45) is 52.1 Å². The molecule has 4 fully saturated rings. The van der Waals surface area contributed by atoms with E-state index in [2.05, 4.69) is 20.8 Å². The summed E-state index contributed by atoms with van der Waals surface area (Å²) in [6.07, 6.45) is 14.7. The maximum atomic E-state index is 11.5. The number of carbonyl (C=O) groups excluding carboxylic acids is 1. The first-order chi connectivity index (χ1) is 13.8. The Hall–Kier alpha value is -0.570. The van der Waals surface area contributed by atoms with Gasteiger partial charge in [-0.2, -0.15) is 0 Å². The van der Waals surface area contributed by atoms with Crippen LogP contribution in [0.5, 0.6) is 0 Å². The van der Waals surface area contributed by atoms with Crippen LogP contribution in [0.1, 0.15) is 98.3 Å². The number of nitrogens with two attached hydrogens (primary N) is 1. The van der Waals surface area contributed by atoms with E-state index in [9.17, 15) is 4.79 Å². The maximum Gasteiger partial charge on any atom is 0.302 e. The van der Waals surface area contributed by atoms with E-state index in [1.807, 2.05) is 0 Å². The van der Waals surface area contributed by atoms with Gasteiger partial charge in [0.2, 0.25) is 0 Å². The zero-order valence-electron chi connectivity index (χ0n) is 19.4. The molecule has 0 aromatic heterocycles. The molecular weight excluding hydrogens is 358 g/mol. The van der Waals surface area contributed by atoms with Gasteiger partial charge in [0, 0.05) is 6.92 Å². The van der Waals surface area contributed by atoms with Crippen molar-refractivity contribution in [2.45, 2.75) is 104 Å². The standard InChI is InChI=1S/C26H45NO2/c1-17(6-5-15-27)22-9-10-23-21-8-7-19-16-20(29-18(2)28)11-13-25(19,3)24(21)12-14-26(22,23)4/h17,19-24H,5-16,27H2,1-4H3/t17-,19?,20-,21?,22?,23+,24?,25+,26-/m1/s1. The lowest BCUT2D eigenvalue weighted by Crippen LogP contribution is -2.54. The minimum atomic E-state index is -0.0959. The molecular formula is C26H45NO2. The Morgan fingerprint density at radius 2 is 1.76 bits per heavy atom. The van der Waals surface area contributed by atoms with E-state index < -0.39 is 0 Å². The van der Waals surface area contributed by atoms with Crippen molar-refractivity contribution in [2.75, 3.05) is 6.54 Å². The molecule has 3 heteroatoms. The second kappa shape index (κ2) is 8.17. The number of carbonyl (C=O) groups is 1. The molecule has 0 aliphatic heterocycles. The fourth-order valence-corrected chi connectivity index (χ4v) is 9.18. The largest absolute Gasteiger partial charge is 0.463 e. The molecule has 0 heterocycles. The average molecular weight is 404 g/mol. The van der Waals surface area contributed by atoms with Crippen LogP contribution in [0.2, 0.25) is 0 Å². The molecule has 4 saturated carbocycles. The smallest absolute Gasteiger partial charge is 0.302 e. The van der Waals surface area contributed by atoms with Gasteiger partial charge in [0.05, 0.1) is 0 Å². The molecule has 4 rings (SSSR count). The Labute approximate surface area is 178 Å². The van der Waals surface area contributed by atoms with Crippen molar-refractivity contribution >= 4 is 5.97 Å². The quantitative estimate of drug-likeness (QED) is 0.577. The normalized spacial score (nSPS) is 47.6. The van der Waals surface area contributed by atoms with Gasteiger partial charge in [0.1, 0.15) is 6.10 Å². The molecule has 0 radical (unpaired) electrons. The van der Waals surface area contributed by atoms with Crippen LogP contribution in [0.3, 0.4) is 0 Å². The molecule has 4 aliphatic carbocycles. The summed E-state index contributed by atoms with van der Waals surface area (Å²) in [5, 5.41) is 0. The van der Waals surface area contributed by atoms with Crippen molar-refractivity contribution < 1.29 is 9.53 Å². The molecule has 29 heavy (non-hydrogen) atoms. The SMILES string of the molecule is CC(=O)O[C@@H]1CC[C@@]2(C)C(CCC3C2CC[C@]2(C)C([C@H](C)CCCN)CC[C@@H]32)C1. The van der Waals surface area contributed by atoms with E-state index in [0.717, 1.165) is 54.9 Å². The van der Waals surface area contributed by atoms with Crippen LogP contribution in [0.25, 0.3) is 0 Å². The third kappa shape index (κ3) is 3.68. The first-order valence-corrected chi connectivity index (χ1v) is 12.7. The van der Waals surface area contributed by atoms with E-state index >= 15 is 0 Å². The van der Waals surface area contributed by atoms with Crippen LogP contribution in [0.4, 0.5) is 0 Å². The van der Waals surface area contributed by atoms with Gasteiger partial charge in [-0.15, -0.1) is 0 Å². The highest BCUT2D eigenvalue weighted by molar-refractivity contribution is 5.66. The molecule has 9 atom stereocenters. The lowest BCUT2D eigenvalue weighted by molar-refractivity contribution is -0.160. The molecule has 0 aromatic carbocycles. The number of hydrogen-bond donors (Lipinski definition) is 1. The summed E-state index contributed by atoms with van der Waals surface area (Å²) in [6, 6.07) is 0. The monoisotopic (exact) mass is 403 g/mol. The summed E-state index contributed by atoms with van der Waals surface area (Å²) in [5.41, 5.74) is 6.85. The van der Waals surface area contributed by atoms with E-state index in [1.54, 1.807) is 6.92 Å². The Balaban J connectivity index is 1.48. The van der Waals surface area contributed by atoms with E-state index in [0.29, 0.717) is 10.8 Å². The molecule has 0 saturated heterocycles. The molecule has 4 aliphatic rings. The van der Waals surface area contributed by atoms with Crippen LogP contribution >= 0.6 is 0 Å². The first-order valence-electron chi connectivity index (χ1n) is 12.7. The summed E-state index contributed by atoms with van der Waals surface area (Å²) in [4.78, 5) is 11.5. The Kier molecular flexibility index (Phi) is 6.10. The van der Waals surface area contributed by atoms with E-state index in [1.165, 1.54) is 57.8 Å². The van der Waals surface area contributed by atoms with Gasteiger partial charge in [-0.05, 0) is 124 Å². The van der Waals surface area contributed by atoms with Gasteiger partial charge in [-0.1, -0.05) is 20.8 Å². The minimum absolute atomic E-state index is 0.0959. The molecule has 0 amide bonds. The predicted octanol–water partition coefficient (Wildman–Crippen LogP) is 5.95. The summed E-state index contributed by atoms with van der Waals surface area (Å²) in [7, 11) is 0. The molecule has 166 valence electrons. The number of fused-ring (bicyclic) bond motifs is 5. The molecule has 2 N–H and O–H groups in total. The second-order valence-corrected chi connectivity index (χ2v) is 11.8.